The lowest BCUT2D eigenvalue weighted by Crippen LogP contribution is -2.34. The Balaban J connectivity index is 1.65. The van der Waals surface area contributed by atoms with Gasteiger partial charge < -0.3 is 15.2 Å². The maximum atomic E-state index is 9.89. The molecule has 2 atom stereocenters. The first kappa shape index (κ1) is 14.4. The maximum Gasteiger partial charge on any atom is 0.118 e. The van der Waals surface area contributed by atoms with Crippen molar-refractivity contribution in [2.24, 2.45) is 5.92 Å². The summed E-state index contributed by atoms with van der Waals surface area (Å²) >= 11 is 0. The molecule has 0 aromatic heterocycles. The normalized spacial score (nSPS) is 23.3. The minimum atomic E-state index is -0.0952. The molecule has 1 aliphatic carbocycles. The van der Waals surface area contributed by atoms with Crippen LogP contribution in [-0.4, -0.2) is 31.4 Å². The van der Waals surface area contributed by atoms with E-state index in [1.807, 2.05) is 12.1 Å². The molecular formula is C16H25NO2. The van der Waals surface area contributed by atoms with Crippen LogP contribution in [0, 0.1) is 5.92 Å². The number of rotatable bonds is 6. The first-order chi connectivity index (χ1) is 9.29. The second kappa shape index (κ2) is 7.51. The summed E-state index contributed by atoms with van der Waals surface area (Å²) in [5, 5.41) is 13.4. The van der Waals surface area contributed by atoms with E-state index in [1.165, 1.54) is 18.4 Å². The first-order valence-electron chi connectivity index (χ1n) is 7.31. The molecule has 1 aromatic carbocycles. The van der Waals surface area contributed by atoms with Crippen LogP contribution in [0.5, 0.6) is 5.75 Å². The highest BCUT2D eigenvalue weighted by atomic mass is 16.5. The third-order valence-electron chi connectivity index (χ3n) is 4.02. The van der Waals surface area contributed by atoms with Gasteiger partial charge in [0.05, 0.1) is 13.2 Å². The van der Waals surface area contributed by atoms with Gasteiger partial charge >= 0.3 is 0 Å². The molecular weight excluding hydrogens is 238 g/mol. The Labute approximate surface area is 116 Å². The SMILES string of the molecule is COc1ccc(CCNCC2CCCCC2O)cc1. The topological polar surface area (TPSA) is 41.5 Å². The molecule has 1 aliphatic rings. The molecule has 1 saturated carbocycles. The summed E-state index contributed by atoms with van der Waals surface area (Å²) in [6, 6.07) is 8.21. The van der Waals surface area contributed by atoms with Crippen LogP contribution in [-0.2, 0) is 6.42 Å². The van der Waals surface area contributed by atoms with E-state index in [1.54, 1.807) is 7.11 Å². The summed E-state index contributed by atoms with van der Waals surface area (Å²) in [6.45, 7) is 1.91. The fourth-order valence-corrected chi connectivity index (χ4v) is 2.74. The number of aliphatic hydroxyl groups excluding tert-OH is 1. The molecule has 2 N–H and O–H groups in total. The summed E-state index contributed by atoms with van der Waals surface area (Å²) in [4.78, 5) is 0. The molecule has 106 valence electrons. The minimum Gasteiger partial charge on any atom is -0.497 e. The van der Waals surface area contributed by atoms with Gasteiger partial charge in [-0.1, -0.05) is 25.0 Å². The Morgan fingerprint density at radius 1 is 1.21 bits per heavy atom. The van der Waals surface area contributed by atoms with Crippen molar-refractivity contribution >= 4 is 0 Å². The van der Waals surface area contributed by atoms with Crippen LogP contribution in [0.3, 0.4) is 0 Å². The van der Waals surface area contributed by atoms with Gasteiger partial charge in [0.1, 0.15) is 5.75 Å². The lowest BCUT2D eigenvalue weighted by Gasteiger charge is -2.27. The smallest absolute Gasteiger partial charge is 0.118 e. The molecule has 19 heavy (non-hydrogen) atoms. The molecule has 1 aromatic rings. The number of hydrogen-bond acceptors (Lipinski definition) is 3. The van der Waals surface area contributed by atoms with E-state index < -0.39 is 0 Å². The zero-order chi connectivity index (χ0) is 13.5. The Morgan fingerprint density at radius 2 is 1.95 bits per heavy atom. The predicted octanol–water partition coefficient (Wildman–Crippen LogP) is 2.38. The molecule has 3 heteroatoms. The quantitative estimate of drug-likeness (QED) is 0.774. The van der Waals surface area contributed by atoms with Crippen molar-refractivity contribution in [2.45, 2.75) is 38.2 Å². The van der Waals surface area contributed by atoms with Crippen LogP contribution in [0.15, 0.2) is 24.3 Å². The monoisotopic (exact) mass is 263 g/mol. The van der Waals surface area contributed by atoms with Crippen molar-refractivity contribution in [1.29, 1.82) is 0 Å². The molecule has 0 heterocycles. The molecule has 2 unspecified atom stereocenters. The van der Waals surface area contributed by atoms with Gasteiger partial charge in [-0.2, -0.15) is 0 Å². The van der Waals surface area contributed by atoms with Gasteiger partial charge in [-0.25, -0.2) is 0 Å². The molecule has 3 nitrogen and oxygen atoms in total. The lowest BCUT2D eigenvalue weighted by molar-refractivity contribution is 0.0698. The van der Waals surface area contributed by atoms with E-state index in [-0.39, 0.29) is 6.10 Å². The largest absolute Gasteiger partial charge is 0.497 e. The first-order valence-corrected chi connectivity index (χ1v) is 7.31. The number of methoxy groups -OCH3 is 1. The van der Waals surface area contributed by atoms with E-state index in [4.69, 9.17) is 4.74 Å². The summed E-state index contributed by atoms with van der Waals surface area (Å²) in [5.74, 6) is 1.35. The van der Waals surface area contributed by atoms with Gasteiger partial charge in [0.2, 0.25) is 0 Å². The van der Waals surface area contributed by atoms with Gasteiger partial charge in [0.25, 0.3) is 0 Å². The second-order valence-electron chi connectivity index (χ2n) is 5.41. The highest BCUT2D eigenvalue weighted by molar-refractivity contribution is 5.27. The van der Waals surface area contributed by atoms with Crippen LogP contribution in [0.1, 0.15) is 31.2 Å². The van der Waals surface area contributed by atoms with E-state index >= 15 is 0 Å². The van der Waals surface area contributed by atoms with Gasteiger partial charge in [0.15, 0.2) is 0 Å². The molecule has 0 saturated heterocycles. The number of benzene rings is 1. The second-order valence-corrected chi connectivity index (χ2v) is 5.41. The third-order valence-corrected chi connectivity index (χ3v) is 4.02. The molecule has 0 bridgehead atoms. The third kappa shape index (κ3) is 4.51. The molecule has 1 fully saturated rings. The van der Waals surface area contributed by atoms with Crippen molar-refractivity contribution in [3.63, 3.8) is 0 Å². The number of ether oxygens (including phenoxy) is 1. The molecule has 2 rings (SSSR count). The Bertz CT molecular complexity index is 364. The van der Waals surface area contributed by atoms with Gasteiger partial charge in [-0.15, -0.1) is 0 Å². The van der Waals surface area contributed by atoms with Crippen LogP contribution in [0.25, 0.3) is 0 Å². The van der Waals surface area contributed by atoms with Crippen molar-refractivity contribution in [2.75, 3.05) is 20.2 Å². The summed E-state index contributed by atoms with van der Waals surface area (Å²) in [5.41, 5.74) is 1.32. The molecule has 0 amide bonds. The molecule has 0 radical (unpaired) electrons. The van der Waals surface area contributed by atoms with Gasteiger partial charge in [-0.3, -0.25) is 0 Å². The number of aliphatic hydroxyl groups is 1. The van der Waals surface area contributed by atoms with Crippen molar-refractivity contribution < 1.29 is 9.84 Å². The maximum absolute atomic E-state index is 9.89. The Morgan fingerprint density at radius 3 is 2.63 bits per heavy atom. The lowest BCUT2D eigenvalue weighted by atomic mass is 9.86. The van der Waals surface area contributed by atoms with Gasteiger partial charge in [0, 0.05) is 6.54 Å². The van der Waals surface area contributed by atoms with E-state index in [0.29, 0.717) is 5.92 Å². The summed E-state index contributed by atoms with van der Waals surface area (Å²) < 4.78 is 5.14. The standard InChI is InChI=1S/C16H25NO2/c1-19-15-8-6-13(7-9-15)10-11-17-12-14-4-2-3-5-16(14)18/h6-9,14,16-18H,2-5,10-12H2,1H3. The van der Waals surface area contributed by atoms with Crippen molar-refractivity contribution in [1.82, 2.24) is 5.32 Å². The average molecular weight is 263 g/mol. The Kier molecular flexibility index (Phi) is 5.67. The fourth-order valence-electron chi connectivity index (χ4n) is 2.74. The van der Waals surface area contributed by atoms with Crippen molar-refractivity contribution in [3.8, 4) is 5.75 Å². The zero-order valence-electron chi connectivity index (χ0n) is 11.8. The fraction of sp³-hybridized carbons (Fsp3) is 0.625. The Hall–Kier alpha value is -1.06. The molecule has 0 spiro atoms. The highest BCUT2D eigenvalue weighted by Gasteiger charge is 2.22. The molecule has 0 aliphatic heterocycles. The number of hydrogen-bond donors (Lipinski definition) is 2. The van der Waals surface area contributed by atoms with Gasteiger partial charge in [-0.05, 0) is 49.4 Å². The van der Waals surface area contributed by atoms with Crippen LogP contribution >= 0.6 is 0 Å². The highest BCUT2D eigenvalue weighted by Crippen LogP contribution is 2.23. The number of nitrogens with one attached hydrogen (secondary N) is 1. The van der Waals surface area contributed by atoms with E-state index in [9.17, 15) is 5.11 Å². The van der Waals surface area contributed by atoms with Crippen LogP contribution in [0.4, 0.5) is 0 Å². The van der Waals surface area contributed by atoms with E-state index in [2.05, 4.69) is 17.4 Å². The minimum absolute atomic E-state index is 0.0952. The predicted molar refractivity (Wildman–Crippen MR) is 77.5 cm³/mol. The zero-order valence-corrected chi connectivity index (χ0v) is 11.8. The average Bonchev–Trinajstić information content (AvgIpc) is 2.46. The van der Waals surface area contributed by atoms with Crippen LogP contribution in [0.2, 0.25) is 0 Å². The summed E-state index contributed by atoms with van der Waals surface area (Å²) in [7, 11) is 1.69. The van der Waals surface area contributed by atoms with Crippen LogP contribution < -0.4 is 10.1 Å². The summed E-state index contributed by atoms with van der Waals surface area (Å²) in [6.07, 6.45) is 5.52. The van der Waals surface area contributed by atoms with Crippen molar-refractivity contribution in [3.05, 3.63) is 29.8 Å². The van der Waals surface area contributed by atoms with E-state index in [0.717, 1.165) is 38.1 Å².